The summed E-state index contributed by atoms with van der Waals surface area (Å²) in [5.41, 5.74) is 0.606. The Kier molecular flexibility index (Phi) is 5.13. The number of imidazole rings is 1. The number of nitrogens with zero attached hydrogens (tertiary/aromatic N) is 4. The molecule has 9 heteroatoms. The van der Waals surface area contributed by atoms with E-state index in [4.69, 9.17) is 11.6 Å². The monoisotopic (exact) mass is 461 g/mol. The van der Waals surface area contributed by atoms with Gasteiger partial charge in [0, 0.05) is 11.5 Å². The zero-order valence-electron chi connectivity index (χ0n) is 18.2. The van der Waals surface area contributed by atoms with Crippen molar-refractivity contribution in [3.05, 3.63) is 11.6 Å². The van der Waals surface area contributed by atoms with Gasteiger partial charge in [-0.05, 0) is 61.5 Å². The van der Waals surface area contributed by atoms with E-state index in [0.717, 1.165) is 0 Å². The van der Waals surface area contributed by atoms with Gasteiger partial charge in [0.15, 0.2) is 17.0 Å². The van der Waals surface area contributed by atoms with Gasteiger partial charge in [-0.1, -0.05) is 25.7 Å². The van der Waals surface area contributed by atoms with Crippen molar-refractivity contribution in [1.29, 1.82) is 0 Å². The fourth-order valence-electron chi connectivity index (χ4n) is 7.17. The van der Waals surface area contributed by atoms with Crippen LogP contribution in [0.5, 0.6) is 0 Å². The highest BCUT2D eigenvalue weighted by atomic mass is 35.5. The van der Waals surface area contributed by atoms with Crippen LogP contribution in [0, 0.1) is 23.2 Å². The summed E-state index contributed by atoms with van der Waals surface area (Å²) in [5, 5.41) is 35.0. The highest BCUT2D eigenvalue weighted by molar-refractivity contribution is 6.28. The molecule has 4 aliphatic carbocycles. The maximum Gasteiger partial charge on any atom is 0.226 e. The van der Waals surface area contributed by atoms with Crippen LogP contribution in [-0.2, 0) is 0 Å². The molecule has 8 nitrogen and oxygen atoms in total. The number of aromatic nitrogens is 4. The van der Waals surface area contributed by atoms with Gasteiger partial charge in [0.2, 0.25) is 5.28 Å². The molecule has 5 atom stereocenters. The Bertz CT molecular complexity index is 989. The van der Waals surface area contributed by atoms with Crippen LogP contribution in [-0.4, -0.2) is 59.7 Å². The van der Waals surface area contributed by atoms with Crippen molar-refractivity contribution < 1.29 is 15.3 Å². The fourth-order valence-corrected chi connectivity index (χ4v) is 7.33. The molecule has 0 unspecified atom stereocenters. The van der Waals surface area contributed by atoms with Crippen LogP contribution in [0.1, 0.15) is 63.8 Å². The first-order valence-corrected chi connectivity index (χ1v) is 12.5. The molecule has 0 amide bonds. The Labute approximate surface area is 192 Å². The molecular formula is C23H32ClN5O3. The molecule has 0 spiro atoms. The van der Waals surface area contributed by atoms with Gasteiger partial charge < -0.3 is 25.2 Å². The Morgan fingerprint density at radius 2 is 1.75 bits per heavy atom. The number of halogens is 1. The quantitative estimate of drug-likeness (QED) is 0.488. The molecule has 32 heavy (non-hydrogen) atoms. The van der Waals surface area contributed by atoms with Crippen LogP contribution in [0.25, 0.3) is 11.2 Å². The zero-order chi connectivity index (χ0) is 22.0. The van der Waals surface area contributed by atoms with Gasteiger partial charge in [0.1, 0.15) is 6.10 Å². The second-order valence-electron chi connectivity index (χ2n) is 10.6. The molecule has 4 fully saturated rings. The van der Waals surface area contributed by atoms with Crippen LogP contribution in [0.15, 0.2) is 6.33 Å². The minimum atomic E-state index is -0.979. The zero-order valence-corrected chi connectivity index (χ0v) is 19.0. The third-order valence-corrected chi connectivity index (χ3v) is 9.15. The predicted molar refractivity (Wildman–Crippen MR) is 120 cm³/mol. The van der Waals surface area contributed by atoms with Crippen LogP contribution < -0.4 is 5.32 Å². The third kappa shape index (κ3) is 3.10. The molecule has 0 aromatic carbocycles. The Morgan fingerprint density at radius 1 is 1.09 bits per heavy atom. The highest BCUT2D eigenvalue weighted by Gasteiger charge is 2.71. The molecule has 4 N–H and O–H groups in total. The van der Waals surface area contributed by atoms with E-state index in [0.29, 0.717) is 41.3 Å². The largest absolute Gasteiger partial charge is 0.396 e. The van der Waals surface area contributed by atoms with Gasteiger partial charge in [0.25, 0.3) is 0 Å². The molecule has 0 bridgehead atoms. The SMILES string of the molecule is OC[C@@]12C[C@@H]1[C@@H](n1cnc3c(NC(C4CCCC4)C4CCCC4)nc(Cl)nc31)[C@H](O)[C@@H]2O. The molecule has 174 valence electrons. The lowest BCUT2D eigenvalue weighted by Crippen LogP contribution is -2.35. The standard InChI is InChI=1S/C23H32ClN5O3/c24-22-27-20(26-15(12-5-1-2-6-12)13-7-3-4-8-13)16-21(28-22)29(11-25-16)17-14-9-23(14,10-30)19(32)18(17)31/h11-15,17-19,30-32H,1-10H2,(H,26,27,28)/t14-,17-,18+,19+,23+/m1/s1. The second-order valence-corrected chi connectivity index (χ2v) is 10.9. The fraction of sp³-hybridized carbons (Fsp3) is 0.783. The predicted octanol–water partition coefficient (Wildman–Crippen LogP) is 2.92. The first-order chi connectivity index (χ1) is 15.5. The summed E-state index contributed by atoms with van der Waals surface area (Å²) in [6, 6.07) is -0.0230. The van der Waals surface area contributed by atoms with E-state index < -0.39 is 17.6 Å². The molecule has 4 aliphatic rings. The summed E-state index contributed by atoms with van der Waals surface area (Å²) in [7, 11) is 0. The summed E-state index contributed by atoms with van der Waals surface area (Å²) in [6.07, 6.45) is 10.6. The van der Waals surface area contributed by atoms with Crippen LogP contribution in [0.2, 0.25) is 5.28 Å². The maximum atomic E-state index is 10.8. The second kappa shape index (κ2) is 7.79. The average molecular weight is 462 g/mol. The van der Waals surface area contributed by atoms with Gasteiger partial charge in [-0.15, -0.1) is 0 Å². The highest BCUT2D eigenvalue weighted by Crippen LogP contribution is 2.67. The molecule has 2 aromatic heterocycles. The van der Waals surface area contributed by atoms with Gasteiger partial charge in [-0.25, -0.2) is 4.98 Å². The first-order valence-electron chi connectivity index (χ1n) is 12.2. The van der Waals surface area contributed by atoms with Crippen LogP contribution in [0.3, 0.4) is 0 Å². The molecule has 6 rings (SSSR count). The minimum Gasteiger partial charge on any atom is -0.396 e. The van der Waals surface area contributed by atoms with Crippen molar-refractivity contribution in [2.75, 3.05) is 11.9 Å². The third-order valence-electron chi connectivity index (χ3n) is 8.98. The topological polar surface area (TPSA) is 116 Å². The van der Waals surface area contributed by atoms with Crippen LogP contribution >= 0.6 is 11.6 Å². The number of aliphatic hydroxyl groups excluding tert-OH is 3. The van der Waals surface area contributed by atoms with E-state index in [9.17, 15) is 15.3 Å². The van der Waals surface area contributed by atoms with Gasteiger partial charge in [-0.2, -0.15) is 9.97 Å². The van der Waals surface area contributed by atoms with Gasteiger partial charge in [-0.3, -0.25) is 0 Å². The molecule has 4 saturated carbocycles. The lowest BCUT2D eigenvalue weighted by Gasteiger charge is -2.30. The van der Waals surface area contributed by atoms with Gasteiger partial charge in [0.05, 0.1) is 25.1 Å². The first kappa shape index (κ1) is 21.1. The maximum absolute atomic E-state index is 10.8. The van der Waals surface area contributed by atoms with Crippen molar-refractivity contribution in [2.24, 2.45) is 23.2 Å². The smallest absolute Gasteiger partial charge is 0.226 e. The van der Waals surface area contributed by atoms with Crippen molar-refractivity contribution in [3.8, 4) is 0 Å². The van der Waals surface area contributed by atoms with E-state index in [1.165, 1.54) is 51.4 Å². The van der Waals surface area contributed by atoms with Crippen molar-refractivity contribution in [2.45, 2.75) is 82.1 Å². The molecule has 0 radical (unpaired) electrons. The number of nitrogens with one attached hydrogen (secondary N) is 1. The van der Waals surface area contributed by atoms with E-state index >= 15 is 0 Å². The number of anilines is 1. The molecular weight excluding hydrogens is 430 g/mol. The number of rotatable bonds is 6. The molecule has 2 aromatic rings. The van der Waals surface area contributed by atoms with E-state index in [1.54, 1.807) is 6.33 Å². The number of hydrogen-bond donors (Lipinski definition) is 4. The normalized spacial score (nSPS) is 35.3. The van der Waals surface area contributed by atoms with Crippen LogP contribution in [0.4, 0.5) is 5.82 Å². The lowest BCUT2D eigenvalue weighted by molar-refractivity contribution is -0.0300. The molecule has 0 aliphatic heterocycles. The summed E-state index contributed by atoms with van der Waals surface area (Å²) >= 11 is 6.37. The Hall–Kier alpha value is -1.48. The van der Waals surface area contributed by atoms with Crippen molar-refractivity contribution >= 4 is 28.6 Å². The number of fused-ring (bicyclic) bond motifs is 2. The minimum absolute atomic E-state index is 0.00947. The van der Waals surface area contributed by atoms with Crippen molar-refractivity contribution in [3.63, 3.8) is 0 Å². The molecule has 2 heterocycles. The Balaban J connectivity index is 1.36. The summed E-state index contributed by atoms with van der Waals surface area (Å²) in [4.78, 5) is 13.6. The average Bonchev–Trinajstić information content (AvgIpc) is 3.32. The summed E-state index contributed by atoms with van der Waals surface area (Å²) < 4.78 is 1.83. The van der Waals surface area contributed by atoms with E-state index in [-0.39, 0.29) is 23.9 Å². The number of hydrogen-bond acceptors (Lipinski definition) is 7. The molecule has 0 saturated heterocycles. The van der Waals surface area contributed by atoms with E-state index in [2.05, 4.69) is 20.3 Å². The Morgan fingerprint density at radius 3 is 2.34 bits per heavy atom. The van der Waals surface area contributed by atoms with Gasteiger partial charge >= 0.3 is 0 Å². The lowest BCUT2D eigenvalue weighted by atomic mass is 9.86. The number of aliphatic hydroxyl groups is 3. The van der Waals surface area contributed by atoms with Crippen molar-refractivity contribution in [1.82, 2.24) is 19.5 Å². The summed E-state index contributed by atoms with van der Waals surface area (Å²) in [6.45, 7) is -0.133. The van der Waals surface area contributed by atoms with E-state index in [1.807, 2.05) is 4.57 Å². The summed E-state index contributed by atoms with van der Waals surface area (Å²) in [5.74, 6) is 1.95.